The molecule has 27 heavy (non-hydrogen) atoms. The Balaban J connectivity index is 1.80. The van der Waals surface area contributed by atoms with Crippen LogP contribution in [-0.2, 0) is 0 Å². The average Bonchev–Trinajstić information content (AvgIpc) is 2.89. The highest BCUT2D eigenvalue weighted by molar-refractivity contribution is 5.82. The molecule has 0 spiro atoms. The number of nitrogens with zero attached hydrogens (tertiary/aromatic N) is 4. The van der Waals surface area contributed by atoms with Gasteiger partial charge in [-0.2, -0.15) is 5.10 Å². The number of hydrazone groups is 1. The van der Waals surface area contributed by atoms with Gasteiger partial charge in [-0.3, -0.25) is 0 Å². The van der Waals surface area contributed by atoms with Crippen molar-refractivity contribution in [2.75, 3.05) is 12.0 Å². The number of hydrogen-bond acceptors (Lipinski definition) is 5. The molecule has 0 amide bonds. The first kappa shape index (κ1) is 18.6. The summed E-state index contributed by atoms with van der Waals surface area (Å²) in [5.74, 6) is 1.38. The maximum atomic E-state index is 5.52. The summed E-state index contributed by atoms with van der Waals surface area (Å²) in [6.45, 7) is 10.7. The minimum atomic E-state index is 0.504. The first-order valence-corrected chi connectivity index (χ1v) is 9.01. The Morgan fingerprint density at radius 2 is 1.70 bits per heavy atom. The highest BCUT2D eigenvalue weighted by atomic mass is 16.5. The molecule has 0 aliphatic rings. The van der Waals surface area contributed by atoms with Crippen LogP contribution in [0, 0.1) is 27.7 Å². The molecule has 0 saturated carbocycles. The fourth-order valence-electron chi connectivity index (χ4n) is 3.11. The van der Waals surface area contributed by atoms with Gasteiger partial charge < -0.3 is 9.30 Å². The van der Waals surface area contributed by atoms with Crippen molar-refractivity contribution in [3.63, 3.8) is 0 Å². The maximum Gasteiger partial charge on any atom is 0.243 e. The molecule has 0 atom stereocenters. The Morgan fingerprint density at radius 1 is 1.04 bits per heavy atom. The number of hydrogen-bond donors (Lipinski definition) is 1. The number of benzene rings is 1. The zero-order valence-electron chi connectivity index (χ0n) is 16.4. The molecule has 1 aromatic carbocycles. The molecule has 0 unspecified atom stereocenters. The van der Waals surface area contributed by atoms with Crippen LogP contribution >= 0.6 is 0 Å². The van der Waals surface area contributed by atoms with Gasteiger partial charge in [0.25, 0.3) is 0 Å². The van der Waals surface area contributed by atoms with Crippen LogP contribution < -0.4 is 10.2 Å². The summed E-state index contributed by atoms with van der Waals surface area (Å²) in [5, 5.41) is 4.31. The lowest BCUT2D eigenvalue weighted by Gasteiger charge is -2.10. The lowest BCUT2D eigenvalue weighted by Crippen LogP contribution is -2.01. The molecule has 140 valence electrons. The van der Waals surface area contributed by atoms with Crippen LogP contribution in [-0.4, -0.2) is 27.4 Å². The Kier molecular flexibility index (Phi) is 5.54. The summed E-state index contributed by atoms with van der Waals surface area (Å²) < 4.78 is 7.72. The zero-order valence-corrected chi connectivity index (χ0v) is 16.4. The minimum Gasteiger partial charge on any atom is -0.494 e. The number of aromatic nitrogens is 3. The van der Waals surface area contributed by atoms with Gasteiger partial charge in [-0.1, -0.05) is 0 Å². The topological polar surface area (TPSA) is 64.3 Å². The Labute approximate surface area is 159 Å². The first-order valence-electron chi connectivity index (χ1n) is 9.01. The first-order chi connectivity index (χ1) is 13.0. The second-order valence-corrected chi connectivity index (χ2v) is 6.43. The van der Waals surface area contributed by atoms with Gasteiger partial charge in [0.05, 0.1) is 12.8 Å². The number of ether oxygens (including phenoxy) is 1. The normalized spacial score (nSPS) is 11.1. The predicted octanol–water partition coefficient (Wildman–Crippen LogP) is 4.35. The number of rotatable bonds is 6. The summed E-state index contributed by atoms with van der Waals surface area (Å²) in [4.78, 5) is 8.66. The lowest BCUT2D eigenvalue weighted by molar-refractivity contribution is 0.340. The van der Waals surface area contributed by atoms with Crippen molar-refractivity contribution in [2.45, 2.75) is 34.6 Å². The summed E-state index contributed by atoms with van der Waals surface area (Å²) in [6, 6.07) is 12.1. The van der Waals surface area contributed by atoms with Gasteiger partial charge >= 0.3 is 0 Å². The molecule has 6 nitrogen and oxygen atoms in total. The maximum absolute atomic E-state index is 5.52. The van der Waals surface area contributed by atoms with Gasteiger partial charge in [0.1, 0.15) is 5.75 Å². The van der Waals surface area contributed by atoms with Crippen molar-refractivity contribution in [1.29, 1.82) is 0 Å². The fourth-order valence-corrected chi connectivity index (χ4v) is 3.11. The van der Waals surface area contributed by atoms with Crippen LogP contribution in [0.3, 0.4) is 0 Å². The minimum absolute atomic E-state index is 0.504. The van der Waals surface area contributed by atoms with Gasteiger partial charge in [-0.25, -0.2) is 15.4 Å². The molecule has 0 radical (unpaired) electrons. The lowest BCUT2D eigenvalue weighted by atomic mass is 10.2. The molecule has 3 aromatic rings. The molecule has 3 rings (SSSR count). The molecule has 2 aromatic heterocycles. The van der Waals surface area contributed by atoms with Crippen LogP contribution in [0.2, 0.25) is 0 Å². The van der Waals surface area contributed by atoms with Gasteiger partial charge in [0.2, 0.25) is 5.95 Å². The molecule has 0 saturated heterocycles. The van der Waals surface area contributed by atoms with Crippen LogP contribution in [0.4, 0.5) is 5.95 Å². The number of anilines is 1. The van der Waals surface area contributed by atoms with E-state index in [1.807, 2.05) is 39.0 Å². The standard InChI is InChI=1S/C21H25N5O/c1-6-27-20-9-7-19(8-10-20)26-16(4)12-18(17(26)5)13-22-25-21-23-14(2)11-15(3)24-21/h7-13H,6H2,1-5H3,(H,23,24,25). The average molecular weight is 363 g/mol. The molecule has 2 heterocycles. The van der Waals surface area contributed by atoms with Crippen molar-refractivity contribution in [3.05, 3.63) is 64.7 Å². The van der Waals surface area contributed by atoms with E-state index >= 15 is 0 Å². The van der Waals surface area contributed by atoms with Gasteiger partial charge in [0, 0.05) is 34.0 Å². The van der Waals surface area contributed by atoms with Crippen molar-refractivity contribution in [2.24, 2.45) is 5.10 Å². The molecule has 0 bridgehead atoms. The molecular formula is C21H25N5O. The van der Waals surface area contributed by atoms with E-state index in [-0.39, 0.29) is 0 Å². The van der Waals surface area contributed by atoms with E-state index in [0.29, 0.717) is 12.6 Å². The van der Waals surface area contributed by atoms with Crippen molar-refractivity contribution < 1.29 is 4.74 Å². The summed E-state index contributed by atoms with van der Waals surface area (Å²) in [5.41, 5.74) is 9.13. The Bertz CT molecular complexity index is 937. The monoisotopic (exact) mass is 363 g/mol. The quantitative estimate of drug-likeness (QED) is 0.522. The Hall–Kier alpha value is -3.15. The number of nitrogens with one attached hydrogen (secondary N) is 1. The van der Waals surface area contributed by atoms with E-state index in [9.17, 15) is 0 Å². The largest absolute Gasteiger partial charge is 0.494 e. The zero-order chi connectivity index (χ0) is 19.4. The third-order valence-corrected chi connectivity index (χ3v) is 4.23. The highest BCUT2D eigenvalue weighted by Gasteiger charge is 2.09. The molecular weight excluding hydrogens is 338 g/mol. The van der Waals surface area contributed by atoms with E-state index in [0.717, 1.165) is 39.8 Å². The second-order valence-electron chi connectivity index (χ2n) is 6.43. The van der Waals surface area contributed by atoms with E-state index in [1.165, 1.54) is 0 Å². The predicted molar refractivity (Wildman–Crippen MR) is 109 cm³/mol. The van der Waals surface area contributed by atoms with Crippen LogP contribution in [0.1, 0.15) is 35.3 Å². The third-order valence-electron chi connectivity index (χ3n) is 4.23. The van der Waals surface area contributed by atoms with Crippen molar-refractivity contribution >= 4 is 12.2 Å². The van der Waals surface area contributed by atoms with E-state index < -0.39 is 0 Å². The van der Waals surface area contributed by atoms with Gasteiger partial charge in [-0.05, 0) is 71.0 Å². The third kappa shape index (κ3) is 4.34. The fraction of sp³-hybridized carbons (Fsp3) is 0.286. The van der Waals surface area contributed by atoms with E-state index in [4.69, 9.17) is 4.74 Å². The van der Waals surface area contributed by atoms with Crippen LogP contribution in [0.25, 0.3) is 5.69 Å². The van der Waals surface area contributed by atoms with Gasteiger partial charge in [0.15, 0.2) is 0 Å². The van der Waals surface area contributed by atoms with E-state index in [1.54, 1.807) is 6.21 Å². The molecule has 0 aliphatic heterocycles. The molecule has 1 N–H and O–H groups in total. The van der Waals surface area contributed by atoms with Crippen LogP contribution in [0.5, 0.6) is 5.75 Å². The van der Waals surface area contributed by atoms with E-state index in [2.05, 4.69) is 57.1 Å². The summed E-state index contributed by atoms with van der Waals surface area (Å²) in [6.07, 6.45) is 1.80. The second kappa shape index (κ2) is 8.03. The number of aryl methyl sites for hydroxylation is 3. The smallest absolute Gasteiger partial charge is 0.243 e. The van der Waals surface area contributed by atoms with Crippen LogP contribution in [0.15, 0.2) is 41.5 Å². The van der Waals surface area contributed by atoms with Crippen molar-refractivity contribution in [3.8, 4) is 11.4 Å². The SMILES string of the molecule is CCOc1ccc(-n2c(C)cc(C=NNc3nc(C)cc(C)n3)c2C)cc1. The molecule has 6 heteroatoms. The van der Waals surface area contributed by atoms with Gasteiger partial charge in [-0.15, -0.1) is 0 Å². The Morgan fingerprint density at radius 3 is 2.33 bits per heavy atom. The van der Waals surface area contributed by atoms with Crippen molar-refractivity contribution in [1.82, 2.24) is 14.5 Å². The molecule has 0 fully saturated rings. The summed E-state index contributed by atoms with van der Waals surface area (Å²) >= 11 is 0. The molecule has 0 aliphatic carbocycles. The highest BCUT2D eigenvalue weighted by Crippen LogP contribution is 2.22. The summed E-state index contributed by atoms with van der Waals surface area (Å²) in [7, 11) is 0.